The van der Waals surface area contributed by atoms with Gasteiger partial charge in [-0.15, -0.1) is 11.8 Å². The summed E-state index contributed by atoms with van der Waals surface area (Å²) in [4.78, 5) is 28.5. The number of nitrogens with two attached hydrogens (primary N) is 1. The average molecular weight is 486 g/mol. The zero-order valence-electron chi connectivity index (χ0n) is 15.9. The zero-order chi connectivity index (χ0) is 21.1. The number of halogens is 1. The molecule has 4 N–H and O–H groups in total. The van der Waals surface area contributed by atoms with E-state index in [0.29, 0.717) is 50.8 Å². The van der Waals surface area contributed by atoms with Gasteiger partial charge in [0.15, 0.2) is 0 Å². The largest absolute Gasteiger partial charge is 0.481 e. The Bertz CT molecular complexity index is 837. The number of carboxylic acids is 1. The lowest BCUT2D eigenvalue weighted by Gasteiger charge is -2.10. The number of amides is 1. The Morgan fingerprint density at radius 1 is 1.17 bits per heavy atom. The fourth-order valence-electron chi connectivity index (χ4n) is 2.38. The predicted molar refractivity (Wildman–Crippen MR) is 115 cm³/mol. The van der Waals surface area contributed by atoms with Crippen molar-refractivity contribution in [2.24, 2.45) is 5.73 Å². The molecule has 0 radical (unpaired) electrons. The minimum Gasteiger partial charge on any atom is -0.481 e. The summed E-state index contributed by atoms with van der Waals surface area (Å²) in [6, 6.07) is 7.27. The van der Waals surface area contributed by atoms with Crippen molar-refractivity contribution < 1.29 is 24.2 Å². The fourth-order valence-corrected chi connectivity index (χ4v) is 3.76. The Labute approximate surface area is 181 Å². The third kappa shape index (κ3) is 8.27. The van der Waals surface area contributed by atoms with Gasteiger partial charge in [0.05, 0.1) is 38.4 Å². The van der Waals surface area contributed by atoms with E-state index in [1.54, 1.807) is 6.07 Å². The van der Waals surface area contributed by atoms with Gasteiger partial charge in [0.2, 0.25) is 0 Å². The molecule has 2 rings (SSSR count). The highest BCUT2D eigenvalue weighted by molar-refractivity contribution is 9.10. The van der Waals surface area contributed by atoms with Crippen molar-refractivity contribution in [3.05, 3.63) is 34.4 Å². The number of carbonyl (C=O) groups is 2. The van der Waals surface area contributed by atoms with E-state index in [1.807, 2.05) is 18.2 Å². The van der Waals surface area contributed by atoms with E-state index in [2.05, 4.69) is 26.2 Å². The Balaban J connectivity index is 1.97. The van der Waals surface area contributed by atoms with Crippen LogP contribution >= 0.6 is 27.7 Å². The molecular weight excluding hydrogens is 462 g/mol. The van der Waals surface area contributed by atoms with Gasteiger partial charge in [0.1, 0.15) is 5.69 Å². The number of carboxylic acid groups (broad SMARTS) is 1. The topological polar surface area (TPSA) is 124 Å². The van der Waals surface area contributed by atoms with E-state index < -0.39 is 5.97 Å². The van der Waals surface area contributed by atoms with Crippen molar-refractivity contribution in [2.45, 2.75) is 11.3 Å². The quantitative estimate of drug-likeness (QED) is 0.291. The number of nitrogens with one attached hydrogen (secondary N) is 1. The van der Waals surface area contributed by atoms with E-state index in [0.717, 1.165) is 14.8 Å². The van der Waals surface area contributed by atoms with Crippen molar-refractivity contribution >= 4 is 50.5 Å². The molecular formula is C19H24BrN3O5S. The molecule has 29 heavy (non-hydrogen) atoms. The second-order valence-electron chi connectivity index (χ2n) is 5.93. The molecule has 1 aromatic heterocycles. The Morgan fingerprint density at radius 3 is 2.66 bits per heavy atom. The van der Waals surface area contributed by atoms with Crippen LogP contribution in [-0.2, 0) is 14.3 Å². The summed E-state index contributed by atoms with van der Waals surface area (Å²) in [7, 11) is 0. The third-order valence-corrected chi connectivity index (χ3v) is 5.26. The molecule has 0 fully saturated rings. The van der Waals surface area contributed by atoms with Gasteiger partial charge in [0, 0.05) is 33.6 Å². The molecule has 0 bridgehead atoms. The van der Waals surface area contributed by atoms with Gasteiger partial charge in [-0.1, -0.05) is 15.9 Å². The maximum absolute atomic E-state index is 12.5. The Hall–Kier alpha value is -1.72. The number of hydrogen-bond donors (Lipinski definition) is 3. The zero-order valence-corrected chi connectivity index (χ0v) is 18.3. The van der Waals surface area contributed by atoms with Crippen molar-refractivity contribution in [2.75, 3.05) is 45.3 Å². The van der Waals surface area contributed by atoms with Gasteiger partial charge in [-0.2, -0.15) is 0 Å². The molecule has 1 amide bonds. The van der Waals surface area contributed by atoms with Gasteiger partial charge in [0.25, 0.3) is 5.91 Å². The molecule has 0 saturated carbocycles. The predicted octanol–water partition coefficient (Wildman–Crippen LogP) is 2.29. The summed E-state index contributed by atoms with van der Waals surface area (Å²) in [5.74, 6) is -0.761. The number of ether oxygens (including phenoxy) is 2. The lowest BCUT2D eigenvalue weighted by atomic mass is 10.2. The molecule has 10 heteroatoms. The van der Waals surface area contributed by atoms with E-state index in [-0.39, 0.29) is 18.0 Å². The highest BCUT2D eigenvalue weighted by atomic mass is 79.9. The summed E-state index contributed by atoms with van der Waals surface area (Å²) in [5, 5.41) is 12.5. The molecule has 0 unspecified atom stereocenters. The maximum Gasteiger partial charge on any atom is 0.304 e. The van der Waals surface area contributed by atoms with Crippen LogP contribution in [0, 0.1) is 0 Å². The van der Waals surface area contributed by atoms with E-state index in [4.69, 9.17) is 20.3 Å². The summed E-state index contributed by atoms with van der Waals surface area (Å²) in [6.07, 6.45) is 0.0380. The molecule has 0 atom stereocenters. The number of thioether (sulfide) groups is 1. The van der Waals surface area contributed by atoms with Crippen molar-refractivity contribution in [3.8, 4) is 0 Å². The van der Waals surface area contributed by atoms with Crippen LogP contribution in [0.4, 0.5) is 0 Å². The highest BCUT2D eigenvalue weighted by Gasteiger charge is 2.13. The molecule has 2 aromatic rings. The van der Waals surface area contributed by atoms with Crippen LogP contribution < -0.4 is 11.1 Å². The van der Waals surface area contributed by atoms with Crippen LogP contribution in [0.5, 0.6) is 0 Å². The second kappa shape index (κ2) is 12.8. The number of nitrogens with zero attached hydrogens (tertiary/aromatic N) is 1. The molecule has 158 valence electrons. The second-order valence-corrected chi connectivity index (χ2v) is 7.98. The van der Waals surface area contributed by atoms with Crippen molar-refractivity contribution in [3.63, 3.8) is 0 Å². The molecule has 0 aliphatic carbocycles. The molecule has 1 aromatic carbocycles. The maximum atomic E-state index is 12.5. The number of benzene rings is 1. The van der Waals surface area contributed by atoms with E-state index in [9.17, 15) is 9.59 Å². The van der Waals surface area contributed by atoms with Crippen molar-refractivity contribution in [1.29, 1.82) is 0 Å². The molecule has 0 spiro atoms. The fraction of sp³-hybridized carbons (Fsp3) is 0.421. The minimum absolute atomic E-state index is 0.0380. The van der Waals surface area contributed by atoms with Crippen LogP contribution in [0.2, 0.25) is 0 Å². The lowest BCUT2D eigenvalue weighted by Crippen LogP contribution is -2.28. The van der Waals surface area contributed by atoms with E-state index >= 15 is 0 Å². The van der Waals surface area contributed by atoms with E-state index in [1.165, 1.54) is 11.8 Å². The first-order valence-corrected chi connectivity index (χ1v) is 10.9. The Kier molecular flexibility index (Phi) is 10.4. The smallest absolute Gasteiger partial charge is 0.304 e. The molecule has 0 aliphatic rings. The molecule has 0 saturated heterocycles. The Morgan fingerprint density at radius 2 is 1.93 bits per heavy atom. The normalized spacial score (nSPS) is 11.0. The monoisotopic (exact) mass is 485 g/mol. The van der Waals surface area contributed by atoms with Crippen molar-refractivity contribution in [1.82, 2.24) is 10.3 Å². The molecule has 0 aliphatic heterocycles. The summed E-state index contributed by atoms with van der Waals surface area (Å²) in [6.45, 7) is 2.57. The van der Waals surface area contributed by atoms with Crippen LogP contribution in [0.25, 0.3) is 10.9 Å². The number of pyridine rings is 1. The SMILES string of the molecule is NCCOCCOCCNC(=O)c1cc(SCCC(=O)O)c2cc(Br)ccc2n1. The first-order chi connectivity index (χ1) is 14.0. The number of rotatable bonds is 13. The molecule has 1 heterocycles. The minimum atomic E-state index is -0.858. The first-order valence-electron chi connectivity index (χ1n) is 9.10. The third-order valence-electron chi connectivity index (χ3n) is 3.71. The van der Waals surface area contributed by atoms with Gasteiger partial charge >= 0.3 is 5.97 Å². The number of aromatic nitrogens is 1. The van der Waals surface area contributed by atoms with Gasteiger partial charge < -0.3 is 25.6 Å². The van der Waals surface area contributed by atoms with Crippen LogP contribution in [0.1, 0.15) is 16.9 Å². The first kappa shape index (κ1) is 23.6. The lowest BCUT2D eigenvalue weighted by molar-refractivity contribution is -0.136. The standard InChI is InChI=1S/C19H24BrN3O5S/c20-13-1-2-15-14(11-13)17(29-10-3-18(24)25)12-16(23-15)19(26)22-5-7-28-9-8-27-6-4-21/h1-2,11-12H,3-10,21H2,(H,22,26)(H,24,25). The number of aliphatic carboxylic acids is 1. The average Bonchev–Trinajstić information content (AvgIpc) is 2.69. The summed E-state index contributed by atoms with van der Waals surface area (Å²) in [5.41, 5.74) is 6.28. The van der Waals surface area contributed by atoms with Crippen LogP contribution in [0.3, 0.4) is 0 Å². The van der Waals surface area contributed by atoms with Gasteiger partial charge in [-0.3, -0.25) is 9.59 Å². The molecule has 8 nitrogen and oxygen atoms in total. The summed E-state index contributed by atoms with van der Waals surface area (Å²) < 4.78 is 11.5. The highest BCUT2D eigenvalue weighted by Crippen LogP contribution is 2.30. The van der Waals surface area contributed by atoms with Crippen LogP contribution in [-0.4, -0.2) is 67.2 Å². The summed E-state index contributed by atoms with van der Waals surface area (Å²) >= 11 is 4.83. The number of fused-ring (bicyclic) bond motifs is 1. The van der Waals surface area contributed by atoms with Crippen LogP contribution in [0.15, 0.2) is 33.6 Å². The number of hydrogen-bond acceptors (Lipinski definition) is 7. The van der Waals surface area contributed by atoms with Gasteiger partial charge in [-0.25, -0.2) is 4.98 Å². The van der Waals surface area contributed by atoms with Gasteiger partial charge in [-0.05, 0) is 24.3 Å². The number of carbonyl (C=O) groups excluding carboxylic acids is 1.